The van der Waals surface area contributed by atoms with Crippen molar-refractivity contribution in [3.05, 3.63) is 48.2 Å². The molecule has 84 valence electrons. The van der Waals surface area contributed by atoms with E-state index in [0.717, 1.165) is 17.0 Å². The maximum Gasteiger partial charge on any atom is 0.142 e. The molecular formula is C12H14N2O2. The van der Waals surface area contributed by atoms with Gasteiger partial charge in [0.1, 0.15) is 11.4 Å². The van der Waals surface area contributed by atoms with E-state index in [2.05, 4.69) is 10.3 Å². The van der Waals surface area contributed by atoms with E-state index in [9.17, 15) is 0 Å². The largest absolute Gasteiger partial charge is 0.495 e. The number of methoxy groups -OCH3 is 1. The summed E-state index contributed by atoms with van der Waals surface area (Å²) in [7, 11) is 3.52. The molecule has 0 aliphatic rings. The van der Waals surface area contributed by atoms with Crippen LogP contribution in [0.1, 0.15) is 17.3 Å². The van der Waals surface area contributed by atoms with Crippen LogP contribution >= 0.6 is 0 Å². The molecule has 0 aromatic carbocycles. The Labute approximate surface area is 94.3 Å². The molecule has 0 aliphatic carbocycles. The van der Waals surface area contributed by atoms with E-state index in [1.54, 1.807) is 25.8 Å². The van der Waals surface area contributed by atoms with E-state index in [-0.39, 0.29) is 6.04 Å². The standard InChI is InChI=1S/C12H14N2O2/c1-13-11(9-5-7-16-8-9)12-10(15-2)4-3-6-14-12/h3-8,11,13H,1-2H3. The highest BCUT2D eigenvalue weighted by molar-refractivity contribution is 5.35. The molecule has 2 aromatic heterocycles. The number of hydrogen-bond donors (Lipinski definition) is 1. The van der Waals surface area contributed by atoms with Gasteiger partial charge in [0.05, 0.1) is 25.7 Å². The van der Waals surface area contributed by atoms with Crippen molar-refractivity contribution >= 4 is 0 Å². The average molecular weight is 218 g/mol. The Morgan fingerprint density at radius 1 is 1.44 bits per heavy atom. The molecule has 0 radical (unpaired) electrons. The highest BCUT2D eigenvalue weighted by Crippen LogP contribution is 2.27. The smallest absolute Gasteiger partial charge is 0.142 e. The molecule has 0 saturated carbocycles. The normalized spacial score (nSPS) is 12.4. The van der Waals surface area contributed by atoms with Gasteiger partial charge in [-0.3, -0.25) is 4.98 Å². The van der Waals surface area contributed by atoms with Crippen LogP contribution in [0.25, 0.3) is 0 Å². The third-order valence-corrected chi connectivity index (χ3v) is 2.46. The lowest BCUT2D eigenvalue weighted by Crippen LogP contribution is -2.19. The number of nitrogens with one attached hydrogen (secondary N) is 1. The first-order valence-electron chi connectivity index (χ1n) is 5.05. The van der Waals surface area contributed by atoms with Gasteiger partial charge in [0.25, 0.3) is 0 Å². The molecular weight excluding hydrogens is 204 g/mol. The van der Waals surface area contributed by atoms with Crippen LogP contribution < -0.4 is 10.1 Å². The highest BCUT2D eigenvalue weighted by atomic mass is 16.5. The number of nitrogens with zero attached hydrogens (tertiary/aromatic N) is 1. The van der Waals surface area contributed by atoms with Crippen molar-refractivity contribution in [1.29, 1.82) is 0 Å². The molecule has 16 heavy (non-hydrogen) atoms. The van der Waals surface area contributed by atoms with Gasteiger partial charge in [-0.2, -0.15) is 0 Å². The summed E-state index contributed by atoms with van der Waals surface area (Å²) in [6.45, 7) is 0. The number of rotatable bonds is 4. The summed E-state index contributed by atoms with van der Waals surface area (Å²) in [4.78, 5) is 4.35. The van der Waals surface area contributed by atoms with Crippen molar-refractivity contribution in [2.45, 2.75) is 6.04 Å². The quantitative estimate of drug-likeness (QED) is 0.852. The summed E-state index contributed by atoms with van der Waals surface area (Å²) in [6, 6.07) is 5.64. The molecule has 2 aromatic rings. The second-order valence-electron chi connectivity index (χ2n) is 3.37. The fourth-order valence-electron chi connectivity index (χ4n) is 1.69. The molecule has 4 heteroatoms. The SMILES string of the molecule is CNC(c1ccoc1)c1ncccc1OC. The molecule has 2 heterocycles. The van der Waals surface area contributed by atoms with Crippen molar-refractivity contribution in [3.63, 3.8) is 0 Å². The van der Waals surface area contributed by atoms with Crippen molar-refractivity contribution < 1.29 is 9.15 Å². The second-order valence-corrected chi connectivity index (χ2v) is 3.37. The molecule has 1 unspecified atom stereocenters. The van der Waals surface area contributed by atoms with Crippen molar-refractivity contribution in [2.75, 3.05) is 14.2 Å². The van der Waals surface area contributed by atoms with Crippen LogP contribution in [0.3, 0.4) is 0 Å². The highest BCUT2D eigenvalue weighted by Gasteiger charge is 2.18. The molecule has 0 saturated heterocycles. The number of ether oxygens (including phenoxy) is 1. The first-order valence-corrected chi connectivity index (χ1v) is 5.05. The number of furan rings is 1. The van der Waals surface area contributed by atoms with Crippen LogP contribution in [-0.2, 0) is 0 Å². The first-order chi connectivity index (χ1) is 7.86. The molecule has 2 rings (SSSR count). The van der Waals surface area contributed by atoms with E-state index < -0.39 is 0 Å². The number of hydrogen-bond acceptors (Lipinski definition) is 4. The van der Waals surface area contributed by atoms with E-state index in [1.807, 2.05) is 25.2 Å². The molecule has 0 amide bonds. The summed E-state index contributed by atoms with van der Waals surface area (Å²) in [5.74, 6) is 0.767. The Hall–Kier alpha value is -1.81. The Morgan fingerprint density at radius 3 is 2.94 bits per heavy atom. The minimum absolute atomic E-state index is 0.0186. The number of aromatic nitrogens is 1. The molecule has 0 spiro atoms. The van der Waals surface area contributed by atoms with Crippen molar-refractivity contribution in [1.82, 2.24) is 10.3 Å². The summed E-state index contributed by atoms with van der Waals surface area (Å²) < 4.78 is 10.4. The average Bonchev–Trinajstić information content (AvgIpc) is 2.84. The van der Waals surface area contributed by atoms with Gasteiger partial charge in [-0.1, -0.05) is 0 Å². The zero-order valence-corrected chi connectivity index (χ0v) is 9.31. The van der Waals surface area contributed by atoms with E-state index in [0.29, 0.717) is 0 Å². The van der Waals surface area contributed by atoms with Gasteiger partial charge >= 0.3 is 0 Å². The second kappa shape index (κ2) is 4.81. The lowest BCUT2D eigenvalue weighted by molar-refractivity contribution is 0.401. The van der Waals surface area contributed by atoms with Crippen LogP contribution in [0, 0.1) is 0 Å². The topological polar surface area (TPSA) is 47.3 Å². The molecule has 1 N–H and O–H groups in total. The van der Waals surface area contributed by atoms with Gasteiger partial charge in [-0.25, -0.2) is 0 Å². The van der Waals surface area contributed by atoms with Crippen LogP contribution in [0.2, 0.25) is 0 Å². The Morgan fingerprint density at radius 2 is 2.31 bits per heavy atom. The van der Waals surface area contributed by atoms with Crippen LogP contribution in [0.4, 0.5) is 0 Å². The third-order valence-electron chi connectivity index (χ3n) is 2.46. The fourth-order valence-corrected chi connectivity index (χ4v) is 1.69. The van der Waals surface area contributed by atoms with Crippen LogP contribution in [-0.4, -0.2) is 19.1 Å². The van der Waals surface area contributed by atoms with E-state index >= 15 is 0 Å². The van der Waals surface area contributed by atoms with Crippen LogP contribution in [0.15, 0.2) is 41.3 Å². The maximum atomic E-state index is 5.29. The third kappa shape index (κ3) is 1.92. The Kier molecular flexibility index (Phi) is 3.22. The summed E-state index contributed by atoms with van der Waals surface area (Å²) >= 11 is 0. The fraction of sp³-hybridized carbons (Fsp3) is 0.250. The van der Waals surface area contributed by atoms with Crippen molar-refractivity contribution in [3.8, 4) is 5.75 Å². The Bertz CT molecular complexity index is 440. The summed E-state index contributed by atoms with van der Waals surface area (Å²) in [5.41, 5.74) is 1.88. The van der Waals surface area contributed by atoms with Crippen molar-refractivity contribution in [2.24, 2.45) is 0 Å². The summed E-state index contributed by atoms with van der Waals surface area (Å²) in [5, 5.41) is 3.19. The van der Waals surface area contributed by atoms with Gasteiger partial charge < -0.3 is 14.5 Å². The minimum Gasteiger partial charge on any atom is -0.495 e. The van der Waals surface area contributed by atoms with Gasteiger partial charge in [0.15, 0.2) is 0 Å². The summed E-state index contributed by atoms with van der Waals surface area (Å²) in [6.07, 6.45) is 5.10. The van der Waals surface area contributed by atoms with Gasteiger partial charge in [0, 0.05) is 11.8 Å². The molecule has 1 atom stereocenters. The van der Waals surface area contributed by atoms with Gasteiger partial charge in [-0.15, -0.1) is 0 Å². The maximum absolute atomic E-state index is 5.29. The lowest BCUT2D eigenvalue weighted by atomic mass is 10.1. The van der Waals surface area contributed by atoms with Gasteiger partial charge in [-0.05, 0) is 25.2 Å². The minimum atomic E-state index is -0.0186. The molecule has 0 bridgehead atoms. The first kappa shape index (κ1) is 10.7. The zero-order valence-electron chi connectivity index (χ0n) is 9.31. The molecule has 4 nitrogen and oxygen atoms in total. The van der Waals surface area contributed by atoms with Crippen LogP contribution in [0.5, 0.6) is 5.75 Å². The Balaban J connectivity index is 2.41. The predicted molar refractivity (Wildman–Crippen MR) is 60.4 cm³/mol. The lowest BCUT2D eigenvalue weighted by Gasteiger charge is -2.16. The zero-order chi connectivity index (χ0) is 11.4. The predicted octanol–water partition coefficient (Wildman–Crippen LogP) is 1.99. The number of pyridine rings is 1. The van der Waals surface area contributed by atoms with E-state index in [1.165, 1.54) is 0 Å². The molecule has 0 aliphatic heterocycles. The monoisotopic (exact) mass is 218 g/mol. The van der Waals surface area contributed by atoms with Gasteiger partial charge in [0.2, 0.25) is 0 Å². The molecule has 0 fully saturated rings. The van der Waals surface area contributed by atoms with E-state index in [4.69, 9.17) is 9.15 Å².